The highest BCUT2D eigenvalue weighted by molar-refractivity contribution is 9.08. The molecule has 0 aliphatic rings. The Balaban J connectivity index is 2.11. The monoisotopic (exact) mass is 324 g/mol. The molecule has 2 nitrogen and oxygen atoms in total. The summed E-state index contributed by atoms with van der Waals surface area (Å²) < 4.78 is 24.0. The molecule has 0 atom stereocenters. The highest BCUT2D eigenvalue weighted by Crippen LogP contribution is 2.29. The van der Waals surface area contributed by atoms with Gasteiger partial charge in [-0.3, -0.25) is 0 Å². The number of ether oxygens (including phenoxy) is 2. The molecule has 2 aromatic carbocycles. The molecule has 2 rings (SSSR count). The Bertz CT molecular complexity index is 558. The molecule has 0 aliphatic carbocycles. The fraction of sp³-hybridized carbons (Fsp3) is 0.200. The summed E-state index contributed by atoms with van der Waals surface area (Å²) in [4.78, 5) is 0. The summed E-state index contributed by atoms with van der Waals surface area (Å²) in [5.74, 6) is 1.06. The molecule has 0 spiro atoms. The van der Waals surface area contributed by atoms with Crippen LogP contribution in [-0.2, 0) is 11.9 Å². The van der Waals surface area contributed by atoms with E-state index in [1.807, 2.05) is 24.3 Å². The van der Waals surface area contributed by atoms with Crippen molar-refractivity contribution in [1.29, 1.82) is 0 Å². The Hall–Kier alpha value is -1.55. The second-order valence-corrected chi connectivity index (χ2v) is 4.60. The molecule has 0 saturated carbocycles. The van der Waals surface area contributed by atoms with Gasteiger partial charge in [0, 0.05) is 5.33 Å². The molecule has 19 heavy (non-hydrogen) atoms. The summed E-state index contributed by atoms with van der Waals surface area (Å²) in [7, 11) is 1.60. The average molecular weight is 325 g/mol. The summed E-state index contributed by atoms with van der Waals surface area (Å²) in [5, 5.41) is 0.757. The Labute approximate surface area is 120 Å². The van der Waals surface area contributed by atoms with Gasteiger partial charge in [-0.1, -0.05) is 34.1 Å². The number of hydrogen-bond donors (Lipinski definition) is 0. The molecule has 4 heteroatoms. The molecule has 0 aliphatic heterocycles. The zero-order valence-electron chi connectivity index (χ0n) is 10.5. The van der Waals surface area contributed by atoms with Gasteiger partial charge in [0.1, 0.15) is 12.4 Å². The van der Waals surface area contributed by atoms with Crippen molar-refractivity contribution in [3.8, 4) is 11.5 Å². The van der Waals surface area contributed by atoms with Crippen LogP contribution in [0.5, 0.6) is 11.5 Å². The van der Waals surface area contributed by atoms with Crippen LogP contribution < -0.4 is 9.47 Å². The summed E-state index contributed by atoms with van der Waals surface area (Å²) in [5.41, 5.74) is 1.89. The lowest BCUT2D eigenvalue weighted by atomic mass is 10.2. The summed E-state index contributed by atoms with van der Waals surface area (Å²) in [6.07, 6.45) is 0. The van der Waals surface area contributed by atoms with E-state index in [4.69, 9.17) is 9.47 Å². The van der Waals surface area contributed by atoms with Crippen LogP contribution in [0.15, 0.2) is 42.5 Å². The van der Waals surface area contributed by atoms with Crippen molar-refractivity contribution >= 4 is 15.9 Å². The molecule has 0 aromatic heterocycles. The maximum atomic E-state index is 13.1. The minimum atomic E-state index is -0.261. The van der Waals surface area contributed by atoms with Crippen LogP contribution in [0.2, 0.25) is 0 Å². The van der Waals surface area contributed by atoms with Gasteiger partial charge in [0.2, 0.25) is 0 Å². The lowest BCUT2D eigenvalue weighted by Crippen LogP contribution is -1.98. The van der Waals surface area contributed by atoms with Crippen molar-refractivity contribution in [3.63, 3.8) is 0 Å². The molecule has 0 radical (unpaired) electrons. The van der Waals surface area contributed by atoms with Crippen LogP contribution in [0.25, 0.3) is 0 Å². The second-order valence-electron chi connectivity index (χ2n) is 4.04. The van der Waals surface area contributed by atoms with Crippen molar-refractivity contribution < 1.29 is 13.9 Å². The number of rotatable bonds is 5. The van der Waals surface area contributed by atoms with E-state index in [1.165, 1.54) is 12.1 Å². The lowest BCUT2D eigenvalue weighted by Gasteiger charge is -2.11. The summed E-state index contributed by atoms with van der Waals surface area (Å²) in [6, 6.07) is 12.1. The van der Waals surface area contributed by atoms with Crippen LogP contribution in [0.3, 0.4) is 0 Å². The van der Waals surface area contributed by atoms with E-state index in [-0.39, 0.29) is 5.82 Å². The zero-order chi connectivity index (χ0) is 13.7. The van der Waals surface area contributed by atoms with Gasteiger partial charge in [0.05, 0.1) is 7.11 Å². The van der Waals surface area contributed by atoms with Gasteiger partial charge < -0.3 is 9.47 Å². The molecular formula is C15H14BrFO2. The van der Waals surface area contributed by atoms with E-state index >= 15 is 0 Å². The average Bonchev–Trinajstić information content (AvgIpc) is 2.45. The third-order valence-corrected chi connectivity index (χ3v) is 3.31. The number of halogens is 2. The van der Waals surface area contributed by atoms with Gasteiger partial charge >= 0.3 is 0 Å². The maximum absolute atomic E-state index is 13.1. The van der Waals surface area contributed by atoms with Gasteiger partial charge in [-0.2, -0.15) is 0 Å². The molecule has 0 N–H and O–H groups in total. The van der Waals surface area contributed by atoms with Gasteiger partial charge in [-0.05, 0) is 35.4 Å². The van der Waals surface area contributed by atoms with Crippen LogP contribution in [-0.4, -0.2) is 7.11 Å². The van der Waals surface area contributed by atoms with E-state index in [9.17, 15) is 4.39 Å². The van der Waals surface area contributed by atoms with Crippen LogP contribution in [0.4, 0.5) is 4.39 Å². The predicted octanol–water partition coefficient (Wildman–Crippen LogP) is 4.31. The van der Waals surface area contributed by atoms with Gasteiger partial charge in [0.25, 0.3) is 0 Å². The first kappa shape index (κ1) is 13.9. The first-order valence-electron chi connectivity index (χ1n) is 5.83. The van der Waals surface area contributed by atoms with E-state index in [0.29, 0.717) is 18.1 Å². The molecule has 0 unspecified atom stereocenters. The number of methoxy groups -OCH3 is 1. The molecule has 0 bridgehead atoms. The first-order valence-corrected chi connectivity index (χ1v) is 6.95. The molecule has 100 valence electrons. The van der Waals surface area contributed by atoms with Crippen LogP contribution >= 0.6 is 15.9 Å². The van der Waals surface area contributed by atoms with Crippen LogP contribution in [0, 0.1) is 5.82 Å². The van der Waals surface area contributed by atoms with Crippen molar-refractivity contribution in [1.82, 2.24) is 0 Å². The minimum absolute atomic E-state index is 0.261. The Morgan fingerprint density at radius 2 is 1.89 bits per heavy atom. The fourth-order valence-electron chi connectivity index (χ4n) is 1.70. The molecule has 2 aromatic rings. The minimum Gasteiger partial charge on any atom is -0.493 e. The maximum Gasteiger partial charge on any atom is 0.161 e. The molecule has 0 saturated heterocycles. The van der Waals surface area contributed by atoms with Crippen molar-refractivity contribution in [3.05, 3.63) is 59.4 Å². The number of hydrogen-bond acceptors (Lipinski definition) is 2. The second kappa shape index (κ2) is 6.57. The van der Waals surface area contributed by atoms with E-state index < -0.39 is 0 Å². The summed E-state index contributed by atoms with van der Waals surface area (Å²) in [6.45, 7) is 0.307. The third kappa shape index (κ3) is 3.70. The van der Waals surface area contributed by atoms with Gasteiger partial charge in [-0.25, -0.2) is 4.39 Å². The van der Waals surface area contributed by atoms with Crippen molar-refractivity contribution in [2.75, 3.05) is 7.11 Å². The highest BCUT2D eigenvalue weighted by atomic mass is 79.9. The standard InChI is InChI=1S/C15H14BrFO2/c1-18-15-8-11(9-16)5-6-14(15)19-10-12-3-2-4-13(17)7-12/h2-8H,9-10H2,1H3. The highest BCUT2D eigenvalue weighted by Gasteiger charge is 2.06. The van der Waals surface area contributed by atoms with Gasteiger partial charge in [-0.15, -0.1) is 0 Å². The van der Waals surface area contributed by atoms with E-state index in [1.54, 1.807) is 13.2 Å². The molecule has 0 amide bonds. The van der Waals surface area contributed by atoms with Crippen molar-refractivity contribution in [2.24, 2.45) is 0 Å². The largest absolute Gasteiger partial charge is 0.493 e. The Morgan fingerprint density at radius 3 is 2.58 bits per heavy atom. The van der Waals surface area contributed by atoms with E-state index in [0.717, 1.165) is 16.5 Å². The Morgan fingerprint density at radius 1 is 1.05 bits per heavy atom. The van der Waals surface area contributed by atoms with Crippen LogP contribution in [0.1, 0.15) is 11.1 Å². The topological polar surface area (TPSA) is 18.5 Å². The van der Waals surface area contributed by atoms with Gasteiger partial charge in [0.15, 0.2) is 11.5 Å². The Kier molecular flexibility index (Phi) is 4.80. The molecule has 0 fully saturated rings. The predicted molar refractivity (Wildman–Crippen MR) is 76.4 cm³/mol. The molecular weight excluding hydrogens is 311 g/mol. The zero-order valence-corrected chi connectivity index (χ0v) is 12.1. The fourth-order valence-corrected chi connectivity index (χ4v) is 2.05. The summed E-state index contributed by atoms with van der Waals surface area (Å²) >= 11 is 3.39. The van der Waals surface area contributed by atoms with E-state index in [2.05, 4.69) is 15.9 Å². The SMILES string of the molecule is COc1cc(CBr)ccc1OCc1cccc(F)c1. The quantitative estimate of drug-likeness (QED) is 0.763. The third-order valence-electron chi connectivity index (χ3n) is 2.67. The van der Waals surface area contributed by atoms with Crippen molar-refractivity contribution in [2.45, 2.75) is 11.9 Å². The number of benzene rings is 2. The number of alkyl halides is 1. The first-order chi connectivity index (χ1) is 9.22. The normalized spacial score (nSPS) is 10.3. The smallest absolute Gasteiger partial charge is 0.161 e. The lowest BCUT2D eigenvalue weighted by molar-refractivity contribution is 0.284. The molecule has 0 heterocycles.